The third kappa shape index (κ3) is 2.29. The molecule has 1 aromatic heterocycles. The molecule has 0 aliphatic heterocycles. The average Bonchev–Trinajstić information content (AvgIpc) is 2.78. The number of hydrogen-bond donors (Lipinski definition) is 1. The summed E-state index contributed by atoms with van der Waals surface area (Å²) in [5, 5.41) is 3.33. The fourth-order valence-corrected chi connectivity index (χ4v) is 2.97. The van der Waals surface area contributed by atoms with Gasteiger partial charge in [-0.25, -0.2) is 4.98 Å². The topological polar surface area (TPSA) is 29.9 Å². The van der Waals surface area contributed by atoms with Gasteiger partial charge in [0, 0.05) is 24.9 Å². The van der Waals surface area contributed by atoms with Crippen LogP contribution in [-0.4, -0.2) is 23.1 Å². The second-order valence-corrected chi connectivity index (χ2v) is 4.78. The van der Waals surface area contributed by atoms with Crippen molar-refractivity contribution in [3.05, 3.63) is 18.2 Å². The van der Waals surface area contributed by atoms with Crippen LogP contribution in [-0.2, 0) is 6.54 Å². The Hall–Kier alpha value is -0.830. The maximum absolute atomic E-state index is 4.58. The van der Waals surface area contributed by atoms with Gasteiger partial charge >= 0.3 is 0 Å². The van der Waals surface area contributed by atoms with Crippen LogP contribution in [0.5, 0.6) is 0 Å². The lowest BCUT2D eigenvalue weighted by Gasteiger charge is -2.31. The molecule has 90 valence electrons. The highest BCUT2D eigenvalue weighted by Crippen LogP contribution is 2.36. The molecule has 16 heavy (non-hydrogen) atoms. The molecular formula is C13H23N3. The highest BCUT2D eigenvalue weighted by molar-refractivity contribution is 5.04. The summed E-state index contributed by atoms with van der Waals surface area (Å²) >= 11 is 0. The Balaban J connectivity index is 2.16. The van der Waals surface area contributed by atoms with Crippen molar-refractivity contribution in [2.45, 2.75) is 45.1 Å². The van der Waals surface area contributed by atoms with Crippen LogP contribution in [0.4, 0.5) is 0 Å². The van der Waals surface area contributed by atoms with Gasteiger partial charge in [0.2, 0.25) is 0 Å². The van der Waals surface area contributed by atoms with Crippen molar-refractivity contribution < 1.29 is 0 Å². The summed E-state index contributed by atoms with van der Waals surface area (Å²) in [6.45, 7) is 4.36. The summed E-state index contributed by atoms with van der Waals surface area (Å²) in [6, 6.07) is 0. The maximum Gasteiger partial charge on any atom is 0.112 e. The normalized spacial score (nSPS) is 25.9. The molecule has 1 aliphatic rings. The fraction of sp³-hybridized carbons (Fsp3) is 0.769. The molecule has 1 heterocycles. The van der Waals surface area contributed by atoms with Gasteiger partial charge in [-0.15, -0.1) is 0 Å². The molecule has 0 saturated heterocycles. The Morgan fingerprint density at radius 3 is 3.00 bits per heavy atom. The number of imidazole rings is 1. The van der Waals surface area contributed by atoms with E-state index in [9.17, 15) is 0 Å². The zero-order valence-electron chi connectivity index (χ0n) is 10.4. The van der Waals surface area contributed by atoms with E-state index in [1.807, 2.05) is 6.20 Å². The molecule has 0 aromatic carbocycles. The number of aryl methyl sites for hydroxylation is 1. The van der Waals surface area contributed by atoms with Gasteiger partial charge in [-0.3, -0.25) is 0 Å². The molecule has 0 radical (unpaired) electrons. The van der Waals surface area contributed by atoms with Gasteiger partial charge < -0.3 is 9.88 Å². The van der Waals surface area contributed by atoms with Crippen LogP contribution in [0.25, 0.3) is 0 Å². The zero-order chi connectivity index (χ0) is 11.4. The SMILES string of the molecule is CCn1ccnc1C1CCCCC1CNC. The third-order valence-corrected chi connectivity index (χ3v) is 3.80. The van der Waals surface area contributed by atoms with Crippen LogP contribution in [0.2, 0.25) is 0 Å². The molecule has 1 N–H and O–H groups in total. The van der Waals surface area contributed by atoms with Gasteiger partial charge in [0.15, 0.2) is 0 Å². The van der Waals surface area contributed by atoms with Crippen molar-refractivity contribution in [1.82, 2.24) is 14.9 Å². The van der Waals surface area contributed by atoms with Gasteiger partial charge in [-0.2, -0.15) is 0 Å². The summed E-state index contributed by atoms with van der Waals surface area (Å²) in [5.74, 6) is 2.74. The first kappa shape index (κ1) is 11.6. The molecule has 2 atom stereocenters. The molecule has 1 saturated carbocycles. The maximum atomic E-state index is 4.58. The van der Waals surface area contributed by atoms with Crippen molar-refractivity contribution in [2.24, 2.45) is 5.92 Å². The molecule has 1 aromatic rings. The summed E-state index contributed by atoms with van der Waals surface area (Å²) < 4.78 is 2.30. The largest absolute Gasteiger partial charge is 0.335 e. The number of nitrogens with zero attached hydrogens (tertiary/aromatic N) is 2. The smallest absolute Gasteiger partial charge is 0.112 e. The highest BCUT2D eigenvalue weighted by atomic mass is 15.1. The molecular weight excluding hydrogens is 198 g/mol. The van der Waals surface area contributed by atoms with E-state index >= 15 is 0 Å². The van der Waals surface area contributed by atoms with Gasteiger partial charge in [0.05, 0.1) is 0 Å². The number of nitrogens with one attached hydrogen (secondary N) is 1. The molecule has 1 fully saturated rings. The van der Waals surface area contributed by atoms with E-state index in [1.165, 1.54) is 31.5 Å². The predicted molar refractivity (Wildman–Crippen MR) is 66.5 cm³/mol. The lowest BCUT2D eigenvalue weighted by Crippen LogP contribution is -2.29. The lowest BCUT2D eigenvalue weighted by atomic mass is 9.78. The minimum absolute atomic E-state index is 0.663. The molecule has 2 unspecified atom stereocenters. The standard InChI is InChI=1S/C13H23N3/c1-3-16-9-8-15-13(16)12-7-5-4-6-11(12)10-14-2/h8-9,11-12,14H,3-7,10H2,1-2H3. The van der Waals surface area contributed by atoms with Crippen LogP contribution in [0.1, 0.15) is 44.3 Å². The van der Waals surface area contributed by atoms with Crippen molar-refractivity contribution in [3.8, 4) is 0 Å². The summed E-state index contributed by atoms with van der Waals surface area (Å²) in [6.07, 6.45) is 9.47. The Kier molecular flexibility index (Phi) is 3.99. The first-order chi connectivity index (χ1) is 7.86. The van der Waals surface area contributed by atoms with Crippen molar-refractivity contribution in [2.75, 3.05) is 13.6 Å². The summed E-state index contributed by atoms with van der Waals surface area (Å²) in [7, 11) is 2.05. The Bertz CT molecular complexity index is 317. The van der Waals surface area contributed by atoms with Crippen LogP contribution >= 0.6 is 0 Å². The van der Waals surface area contributed by atoms with Crippen LogP contribution in [0.15, 0.2) is 12.4 Å². The number of aromatic nitrogens is 2. The summed E-state index contributed by atoms with van der Waals surface area (Å²) in [5.41, 5.74) is 0. The van der Waals surface area contributed by atoms with E-state index in [-0.39, 0.29) is 0 Å². The third-order valence-electron chi connectivity index (χ3n) is 3.80. The number of hydrogen-bond acceptors (Lipinski definition) is 2. The van der Waals surface area contributed by atoms with E-state index < -0.39 is 0 Å². The Morgan fingerprint density at radius 2 is 2.25 bits per heavy atom. The van der Waals surface area contributed by atoms with E-state index in [0.717, 1.165) is 19.0 Å². The molecule has 0 spiro atoms. The lowest BCUT2D eigenvalue weighted by molar-refractivity contribution is 0.286. The van der Waals surface area contributed by atoms with Crippen molar-refractivity contribution in [3.63, 3.8) is 0 Å². The van der Waals surface area contributed by atoms with Crippen LogP contribution < -0.4 is 5.32 Å². The molecule has 2 rings (SSSR count). The van der Waals surface area contributed by atoms with Crippen molar-refractivity contribution in [1.29, 1.82) is 0 Å². The summed E-state index contributed by atoms with van der Waals surface area (Å²) in [4.78, 5) is 4.58. The highest BCUT2D eigenvalue weighted by Gasteiger charge is 2.28. The monoisotopic (exact) mass is 221 g/mol. The van der Waals surface area contributed by atoms with E-state index in [1.54, 1.807) is 0 Å². The predicted octanol–water partition coefficient (Wildman–Crippen LogP) is 2.40. The quantitative estimate of drug-likeness (QED) is 0.846. The van der Waals surface area contributed by atoms with E-state index in [2.05, 4.69) is 35.0 Å². The fourth-order valence-electron chi connectivity index (χ4n) is 2.97. The Labute approximate surface area is 98.3 Å². The van der Waals surface area contributed by atoms with Gasteiger partial charge in [-0.05, 0) is 39.3 Å². The molecule has 3 heteroatoms. The molecule has 0 bridgehead atoms. The minimum atomic E-state index is 0.663. The first-order valence-corrected chi connectivity index (χ1v) is 6.52. The van der Waals surface area contributed by atoms with Gasteiger partial charge in [0.25, 0.3) is 0 Å². The van der Waals surface area contributed by atoms with E-state index in [0.29, 0.717) is 5.92 Å². The van der Waals surface area contributed by atoms with Gasteiger partial charge in [0.1, 0.15) is 5.82 Å². The first-order valence-electron chi connectivity index (χ1n) is 6.52. The second-order valence-electron chi connectivity index (χ2n) is 4.78. The zero-order valence-corrected chi connectivity index (χ0v) is 10.4. The van der Waals surface area contributed by atoms with Crippen LogP contribution in [0, 0.1) is 5.92 Å². The minimum Gasteiger partial charge on any atom is -0.335 e. The molecule has 3 nitrogen and oxygen atoms in total. The molecule has 1 aliphatic carbocycles. The Morgan fingerprint density at radius 1 is 1.44 bits per heavy atom. The number of rotatable bonds is 4. The van der Waals surface area contributed by atoms with E-state index in [4.69, 9.17) is 0 Å². The average molecular weight is 221 g/mol. The van der Waals surface area contributed by atoms with Gasteiger partial charge in [-0.1, -0.05) is 12.8 Å². The van der Waals surface area contributed by atoms with Crippen molar-refractivity contribution >= 4 is 0 Å². The second kappa shape index (κ2) is 5.48. The molecule has 0 amide bonds. The van der Waals surface area contributed by atoms with Crippen LogP contribution in [0.3, 0.4) is 0 Å².